The number of hydrogen-bond acceptors (Lipinski definition) is 5. The molecule has 0 fully saturated rings. The molecule has 0 atom stereocenters. The van der Waals surface area contributed by atoms with Crippen molar-refractivity contribution in [2.45, 2.75) is 13.5 Å². The molecule has 8 heteroatoms. The molecule has 1 aromatic carbocycles. The zero-order chi connectivity index (χ0) is 15.4. The summed E-state index contributed by atoms with van der Waals surface area (Å²) < 4.78 is 12.2. The molecule has 1 aromatic heterocycles. The van der Waals surface area contributed by atoms with Crippen LogP contribution in [0.25, 0.3) is 6.08 Å². The van der Waals surface area contributed by atoms with Crippen molar-refractivity contribution in [2.75, 3.05) is 0 Å². The van der Waals surface area contributed by atoms with Gasteiger partial charge in [-0.1, -0.05) is 0 Å². The van der Waals surface area contributed by atoms with Gasteiger partial charge in [0.05, 0.1) is 8.95 Å². The Morgan fingerprint density at radius 2 is 2.05 bits per heavy atom. The van der Waals surface area contributed by atoms with Gasteiger partial charge < -0.3 is 14.3 Å². The molecular weight excluding hydrogens is 408 g/mol. The predicted molar refractivity (Wildman–Crippen MR) is 81.9 cm³/mol. The van der Waals surface area contributed by atoms with Crippen molar-refractivity contribution in [1.29, 1.82) is 0 Å². The van der Waals surface area contributed by atoms with Crippen molar-refractivity contribution < 1.29 is 19.1 Å². The number of ether oxygens (including phenoxy) is 1. The first-order valence-electron chi connectivity index (χ1n) is 5.77. The summed E-state index contributed by atoms with van der Waals surface area (Å²) in [5.74, 6) is 0.412. The topological polar surface area (TPSA) is 85.5 Å². The Kier molecular flexibility index (Phi) is 5.13. The number of hydrogen-bond donors (Lipinski definition) is 1. The maximum Gasteiger partial charge on any atom is 0.328 e. The van der Waals surface area contributed by atoms with E-state index in [1.165, 1.54) is 6.08 Å². The molecule has 0 unspecified atom stereocenters. The summed E-state index contributed by atoms with van der Waals surface area (Å²) in [7, 11) is 0. The highest BCUT2D eigenvalue weighted by atomic mass is 79.9. The van der Waals surface area contributed by atoms with Crippen LogP contribution in [0.4, 0.5) is 0 Å². The molecule has 0 amide bonds. The second-order valence-electron chi connectivity index (χ2n) is 3.99. The molecule has 0 aliphatic rings. The Morgan fingerprint density at radius 1 is 1.38 bits per heavy atom. The molecule has 1 heterocycles. The Labute approximate surface area is 137 Å². The fourth-order valence-corrected chi connectivity index (χ4v) is 2.96. The van der Waals surface area contributed by atoms with E-state index in [4.69, 9.17) is 14.3 Å². The Hall–Kier alpha value is -1.67. The van der Waals surface area contributed by atoms with Gasteiger partial charge in [-0.25, -0.2) is 4.79 Å². The van der Waals surface area contributed by atoms with E-state index in [1.54, 1.807) is 19.1 Å². The second kappa shape index (κ2) is 6.86. The van der Waals surface area contributed by atoms with E-state index in [9.17, 15) is 4.79 Å². The molecule has 1 N–H and O–H groups in total. The van der Waals surface area contributed by atoms with Crippen LogP contribution in [-0.2, 0) is 11.4 Å². The Balaban J connectivity index is 2.15. The summed E-state index contributed by atoms with van der Waals surface area (Å²) >= 11 is 6.76. The number of carbonyl (C=O) groups is 1. The van der Waals surface area contributed by atoms with Gasteiger partial charge >= 0.3 is 5.97 Å². The standard InChI is InChI=1S/C13H10Br2N2O4/c1-7-16-17-11(21-7)6-20-13-9(14)4-8(5-10(13)15)2-3-12(18)19/h2-5H,6H2,1H3,(H,18,19)/b3-2+. The second-order valence-corrected chi connectivity index (χ2v) is 5.70. The average Bonchev–Trinajstić information content (AvgIpc) is 2.81. The minimum atomic E-state index is -1.01. The summed E-state index contributed by atoms with van der Waals surface area (Å²) in [6, 6.07) is 3.50. The number of aryl methyl sites for hydroxylation is 1. The molecule has 0 saturated carbocycles. The van der Waals surface area contributed by atoms with Crippen molar-refractivity contribution in [1.82, 2.24) is 10.2 Å². The molecule has 0 aliphatic heterocycles. The van der Waals surface area contributed by atoms with Gasteiger partial charge in [-0.15, -0.1) is 10.2 Å². The van der Waals surface area contributed by atoms with Gasteiger partial charge in [0.25, 0.3) is 5.89 Å². The van der Waals surface area contributed by atoms with Crippen molar-refractivity contribution >= 4 is 43.9 Å². The fourth-order valence-electron chi connectivity index (χ4n) is 1.51. The Bertz CT molecular complexity index is 674. The molecule has 21 heavy (non-hydrogen) atoms. The van der Waals surface area contributed by atoms with E-state index in [2.05, 4.69) is 42.1 Å². The third kappa shape index (κ3) is 4.40. The van der Waals surface area contributed by atoms with E-state index >= 15 is 0 Å². The summed E-state index contributed by atoms with van der Waals surface area (Å²) in [6.45, 7) is 1.84. The van der Waals surface area contributed by atoms with Crippen LogP contribution in [0.15, 0.2) is 31.6 Å². The van der Waals surface area contributed by atoms with Crippen molar-refractivity contribution in [2.24, 2.45) is 0 Å². The monoisotopic (exact) mass is 416 g/mol. The molecule has 110 valence electrons. The fraction of sp³-hybridized carbons (Fsp3) is 0.154. The maximum absolute atomic E-state index is 10.5. The van der Waals surface area contributed by atoms with Gasteiger partial charge in [0, 0.05) is 13.0 Å². The highest BCUT2D eigenvalue weighted by molar-refractivity contribution is 9.11. The lowest BCUT2D eigenvalue weighted by molar-refractivity contribution is -0.131. The van der Waals surface area contributed by atoms with E-state index in [0.29, 0.717) is 26.5 Å². The van der Waals surface area contributed by atoms with E-state index in [1.807, 2.05) is 0 Å². The third-order valence-corrected chi connectivity index (χ3v) is 3.52. The molecule has 0 radical (unpaired) electrons. The number of carboxylic acids is 1. The number of rotatable bonds is 5. The van der Waals surface area contributed by atoms with Crippen molar-refractivity contribution in [3.8, 4) is 5.75 Å². The average molecular weight is 418 g/mol. The Morgan fingerprint density at radius 3 is 2.57 bits per heavy atom. The summed E-state index contributed by atoms with van der Waals surface area (Å²) in [6.07, 6.45) is 2.55. The van der Waals surface area contributed by atoms with Gasteiger partial charge in [-0.3, -0.25) is 0 Å². The smallest absolute Gasteiger partial charge is 0.328 e. The van der Waals surface area contributed by atoms with Gasteiger partial charge in [-0.2, -0.15) is 0 Å². The minimum Gasteiger partial charge on any atom is -0.481 e. The SMILES string of the molecule is Cc1nnc(COc2c(Br)cc(/C=C/C(=O)O)cc2Br)o1. The lowest BCUT2D eigenvalue weighted by Gasteiger charge is -2.09. The van der Waals surface area contributed by atoms with E-state index in [0.717, 1.165) is 11.6 Å². The third-order valence-electron chi connectivity index (χ3n) is 2.35. The zero-order valence-corrected chi connectivity index (χ0v) is 14.0. The van der Waals surface area contributed by atoms with Crippen LogP contribution in [0, 0.1) is 6.92 Å². The number of aliphatic carboxylic acids is 1. The van der Waals surface area contributed by atoms with Crippen LogP contribution in [0.1, 0.15) is 17.3 Å². The van der Waals surface area contributed by atoms with Crippen LogP contribution >= 0.6 is 31.9 Å². The van der Waals surface area contributed by atoms with Crippen LogP contribution < -0.4 is 4.74 Å². The number of nitrogens with zero attached hydrogens (tertiary/aromatic N) is 2. The van der Waals surface area contributed by atoms with Gasteiger partial charge in [0.2, 0.25) is 5.89 Å². The van der Waals surface area contributed by atoms with E-state index in [-0.39, 0.29) is 6.61 Å². The van der Waals surface area contributed by atoms with E-state index < -0.39 is 5.97 Å². The minimum absolute atomic E-state index is 0.141. The van der Waals surface area contributed by atoms with Gasteiger partial charge in [0.15, 0.2) is 6.61 Å². The molecule has 0 bridgehead atoms. The first-order valence-corrected chi connectivity index (χ1v) is 7.36. The molecule has 6 nitrogen and oxygen atoms in total. The maximum atomic E-state index is 10.5. The molecular formula is C13H10Br2N2O4. The molecule has 0 saturated heterocycles. The summed E-state index contributed by atoms with van der Waals surface area (Å²) in [4.78, 5) is 10.5. The normalized spacial score (nSPS) is 11.0. The van der Waals surface area contributed by atoms with Crippen LogP contribution in [0.2, 0.25) is 0 Å². The zero-order valence-electron chi connectivity index (χ0n) is 10.8. The molecule has 0 spiro atoms. The number of benzene rings is 1. The lowest BCUT2D eigenvalue weighted by Crippen LogP contribution is -1.97. The largest absolute Gasteiger partial charge is 0.481 e. The van der Waals surface area contributed by atoms with Gasteiger partial charge in [-0.05, 0) is 55.6 Å². The molecule has 2 rings (SSSR count). The van der Waals surface area contributed by atoms with Gasteiger partial charge in [0.1, 0.15) is 5.75 Å². The summed E-state index contributed by atoms with van der Waals surface area (Å²) in [5, 5.41) is 16.2. The predicted octanol–water partition coefficient (Wildman–Crippen LogP) is 3.58. The van der Waals surface area contributed by atoms with Crippen molar-refractivity contribution in [3.63, 3.8) is 0 Å². The summed E-state index contributed by atoms with van der Waals surface area (Å²) in [5.41, 5.74) is 0.720. The van der Waals surface area contributed by atoms with Crippen molar-refractivity contribution in [3.05, 3.63) is 44.5 Å². The van der Waals surface area contributed by atoms with Crippen LogP contribution in [0.3, 0.4) is 0 Å². The van der Waals surface area contributed by atoms with Crippen LogP contribution in [-0.4, -0.2) is 21.3 Å². The number of carboxylic acid groups (broad SMARTS) is 1. The lowest BCUT2D eigenvalue weighted by atomic mass is 10.2. The highest BCUT2D eigenvalue weighted by Crippen LogP contribution is 2.35. The number of aromatic nitrogens is 2. The highest BCUT2D eigenvalue weighted by Gasteiger charge is 2.11. The molecule has 0 aliphatic carbocycles. The van der Waals surface area contributed by atoms with Crippen LogP contribution in [0.5, 0.6) is 5.75 Å². The first-order chi connectivity index (χ1) is 9.95. The first kappa shape index (κ1) is 15.7. The number of halogens is 2. The quantitative estimate of drug-likeness (QED) is 0.748. The molecule has 2 aromatic rings.